The van der Waals surface area contributed by atoms with Crippen molar-refractivity contribution in [2.45, 2.75) is 31.7 Å². The summed E-state index contributed by atoms with van der Waals surface area (Å²) in [6.45, 7) is 1.20. The van der Waals surface area contributed by atoms with Crippen molar-refractivity contribution in [2.75, 3.05) is 19.3 Å². The van der Waals surface area contributed by atoms with Gasteiger partial charge in [-0.2, -0.15) is 0 Å². The number of pyridine rings is 1. The Morgan fingerprint density at radius 2 is 2.28 bits per heavy atom. The summed E-state index contributed by atoms with van der Waals surface area (Å²) in [6.07, 6.45) is 8.84. The highest BCUT2D eigenvalue weighted by molar-refractivity contribution is 5.52. The van der Waals surface area contributed by atoms with Gasteiger partial charge in [0.2, 0.25) is 0 Å². The molecule has 1 aliphatic rings. The summed E-state index contributed by atoms with van der Waals surface area (Å²) in [5.74, 6) is 1.12. The van der Waals surface area contributed by atoms with Crippen molar-refractivity contribution in [3.63, 3.8) is 0 Å². The van der Waals surface area contributed by atoms with E-state index >= 15 is 0 Å². The monoisotopic (exact) mass is 244 g/mol. The first kappa shape index (κ1) is 11.5. The lowest BCUT2D eigenvalue weighted by Gasteiger charge is -2.32. The lowest BCUT2D eigenvalue weighted by Crippen LogP contribution is -2.38. The molecule has 0 aliphatic carbocycles. The van der Waals surface area contributed by atoms with Crippen molar-refractivity contribution in [1.29, 1.82) is 0 Å². The summed E-state index contributed by atoms with van der Waals surface area (Å²) in [5.41, 5.74) is 7.77. The van der Waals surface area contributed by atoms with Crippen molar-refractivity contribution in [3.8, 4) is 0 Å². The minimum Gasteiger partial charge on any atom is -0.398 e. The van der Waals surface area contributed by atoms with Crippen LogP contribution in [0.25, 0.3) is 5.52 Å². The quantitative estimate of drug-likeness (QED) is 0.878. The van der Waals surface area contributed by atoms with Crippen LogP contribution in [0.4, 0.5) is 5.69 Å². The standard InChI is InChI=1S/C14H20N4/c1-17-7-3-2-4-12(17)8-14-16-9-13-6-5-11(15)10-18(13)14/h5-6,9-10,12H,2-4,7-8,15H2,1H3. The number of likely N-dealkylation sites (tertiary alicyclic amines) is 1. The molecule has 0 amide bonds. The topological polar surface area (TPSA) is 46.6 Å². The molecule has 0 spiro atoms. The van der Waals surface area contributed by atoms with Gasteiger partial charge >= 0.3 is 0 Å². The average Bonchev–Trinajstić information content (AvgIpc) is 2.75. The zero-order valence-electron chi connectivity index (χ0n) is 10.8. The average molecular weight is 244 g/mol. The normalized spacial score (nSPS) is 21.5. The summed E-state index contributed by atoms with van der Waals surface area (Å²) in [4.78, 5) is 7.00. The fourth-order valence-electron chi connectivity index (χ4n) is 2.82. The van der Waals surface area contributed by atoms with Crippen molar-refractivity contribution < 1.29 is 0 Å². The number of anilines is 1. The zero-order chi connectivity index (χ0) is 12.5. The van der Waals surface area contributed by atoms with Gasteiger partial charge in [0, 0.05) is 24.3 Å². The second-order valence-corrected chi connectivity index (χ2v) is 5.27. The van der Waals surface area contributed by atoms with Crippen LogP contribution in [-0.4, -0.2) is 33.9 Å². The molecule has 3 heterocycles. The Morgan fingerprint density at radius 1 is 1.39 bits per heavy atom. The number of likely N-dealkylation sites (N-methyl/N-ethyl adjacent to an activating group) is 1. The molecule has 4 nitrogen and oxygen atoms in total. The van der Waals surface area contributed by atoms with E-state index < -0.39 is 0 Å². The molecule has 4 heteroatoms. The van der Waals surface area contributed by atoms with Gasteiger partial charge in [0.25, 0.3) is 0 Å². The molecule has 96 valence electrons. The van der Waals surface area contributed by atoms with Gasteiger partial charge in [-0.05, 0) is 38.6 Å². The maximum absolute atomic E-state index is 5.85. The summed E-state index contributed by atoms with van der Waals surface area (Å²) in [6, 6.07) is 4.56. The highest BCUT2D eigenvalue weighted by Gasteiger charge is 2.20. The maximum Gasteiger partial charge on any atom is 0.114 e. The number of piperidine rings is 1. The fraction of sp³-hybridized carbons (Fsp3) is 0.500. The van der Waals surface area contributed by atoms with Crippen LogP contribution in [0.15, 0.2) is 24.5 Å². The molecular weight excluding hydrogens is 224 g/mol. The molecule has 2 aromatic rings. The summed E-state index contributed by atoms with van der Waals surface area (Å²) in [5, 5.41) is 0. The molecule has 0 radical (unpaired) electrons. The first-order valence-corrected chi connectivity index (χ1v) is 6.66. The first-order chi connectivity index (χ1) is 8.74. The number of rotatable bonds is 2. The summed E-state index contributed by atoms with van der Waals surface area (Å²) in [7, 11) is 2.22. The van der Waals surface area contributed by atoms with Crippen LogP contribution in [0.5, 0.6) is 0 Å². The zero-order valence-corrected chi connectivity index (χ0v) is 10.8. The van der Waals surface area contributed by atoms with Crippen LogP contribution in [0.1, 0.15) is 25.1 Å². The van der Waals surface area contributed by atoms with E-state index in [9.17, 15) is 0 Å². The molecule has 1 atom stereocenters. The first-order valence-electron chi connectivity index (χ1n) is 6.66. The van der Waals surface area contributed by atoms with Gasteiger partial charge in [-0.15, -0.1) is 0 Å². The van der Waals surface area contributed by atoms with E-state index in [1.54, 1.807) is 0 Å². The largest absolute Gasteiger partial charge is 0.398 e. The second-order valence-electron chi connectivity index (χ2n) is 5.27. The van der Waals surface area contributed by atoms with Gasteiger partial charge < -0.3 is 15.0 Å². The fourth-order valence-corrected chi connectivity index (χ4v) is 2.82. The Labute approximate surface area is 107 Å². The minimum absolute atomic E-state index is 0.616. The van der Waals surface area contributed by atoms with Crippen molar-refractivity contribution in [1.82, 2.24) is 14.3 Å². The predicted molar refractivity (Wildman–Crippen MR) is 73.6 cm³/mol. The highest BCUT2D eigenvalue weighted by atomic mass is 15.1. The molecule has 18 heavy (non-hydrogen) atoms. The molecule has 1 aliphatic heterocycles. The number of fused-ring (bicyclic) bond motifs is 1. The van der Waals surface area contributed by atoms with Crippen LogP contribution < -0.4 is 5.73 Å². The number of imidazole rings is 1. The summed E-state index contributed by atoms with van der Waals surface area (Å²) < 4.78 is 2.12. The minimum atomic E-state index is 0.616. The Bertz CT molecular complexity index is 546. The maximum atomic E-state index is 5.85. The van der Waals surface area contributed by atoms with E-state index in [0.717, 1.165) is 23.4 Å². The molecule has 0 bridgehead atoms. The third-order valence-electron chi connectivity index (χ3n) is 3.97. The van der Waals surface area contributed by atoms with E-state index in [1.165, 1.54) is 25.8 Å². The Hall–Kier alpha value is -1.55. The Balaban J connectivity index is 1.87. The molecule has 3 rings (SSSR count). The number of nitrogen functional groups attached to an aromatic ring is 1. The predicted octanol–water partition coefficient (Wildman–Crippen LogP) is 1.94. The van der Waals surface area contributed by atoms with Crippen molar-refractivity contribution in [2.24, 2.45) is 0 Å². The molecule has 0 saturated carbocycles. The lowest BCUT2D eigenvalue weighted by atomic mass is 10.00. The van der Waals surface area contributed by atoms with Crippen LogP contribution in [-0.2, 0) is 6.42 Å². The SMILES string of the molecule is CN1CCCCC1Cc1ncc2ccc(N)cn12. The number of aromatic nitrogens is 2. The van der Waals surface area contributed by atoms with E-state index in [4.69, 9.17) is 5.73 Å². The molecule has 1 unspecified atom stereocenters. The van der Waals surface area contributed by atoms with Gasteiger partial charge in [-0.25, -0.2) is 4.98 Å². The molecule has 2 aromatic heterocycles. The van der Waals surface area contributed by atoms with E-state index in [2.05, 4.69) is 21.3 Å². The third-order valence-corrected chi connectivity index (χ3v) is 3.97. The van der Waals surface area contributed by atoms with Gasteiger partial charge in [0.05, 0.1) is 11.7 Å². The lowest BCUT2D eigenvalue weighted by molar-refractivity contribution is 0.182. The van der Waals surface area contributed by atoms with Gasteiger partial charge in [-0.3, -0.25) is 0 Å². The van der Waals surface area contributed by atoms with Crippen LogP contribution in [0.2, 0.25) is 0 Å². The van der Waals surface area contributed by atoms with Gasteiger partial charge in [-0.1, -0.05) is 6.42 Å². The number of nitrogens with two attached hydrogens (primary N) is 1. The van der Waals surface area contributed by atoms with Gasteiger partial charge in [0.15, 0.2) is 0 Å². The van der Waals surface area contributed by atoms with E-state index in [-0.39, 0.29) is 0 Å². The van der Waals surface area contributed by atoms with Gasteiger partial charge in [0.1, 0.15) is 5.82 Å². The molecule has 0 aromatic carbocycles. The molecular formula is C14H20N4. The molecule has 2 N–H and O–H groups in total. The van der Waals surface area contributed by atoms with Crippen LogP contribution in [0.3, 0.4) is 0 Å². The highest BCUT2D eigenvalue weighted by Crippen LogP contribution is 2.20. The third kappa shape index (κ3) is 2.08. The van der Waals surface area contributed by atoms with Crippen LogP contribution >= 0.6 is 0 Å². The molecule has 1 saturated heterocycles. The Morgan fingerprint density at radius 3 is 3.11 bits per heavy atom. The van der Waals surface area contributed by atoms with E-state index in [1.807, 2.05) is 24.5 Å². The summed E-state index contributed by atoms with van der Waals surface area (Å²) >= 11 is 0. The van der Waals surface area contributed by atoms with Crippen LogP contribution in [0, 0.1) is 0 Å². The number of nitrogens with zero attached hydrogens (tertiary/aromatic N) is 3. The van der Waals surface area contributed by atoms with E-state index in [0.29, 0.717) is 6.04 Å². The van der Waals surface area contributed by atoms with Crippen molar-refractivity contribution >= 4 is 11.2 Å². The Kier molecular flexibility index (Phi) is 2.96. The number of hydrogen-bond acceptors (Lipinski definition) is 3. The van der Waals surface area contributed by atoms with Crippen molar-refractivity contribution in [3.05, 3.63) is 30.4 Å². The smallest absolute Gasteiger partial charge is 0.114 e. The second kappa shape index (κ2) is 4.61. The number of hydrogen-bond donors (Lipinski definition) is 1. The molecule has 1 fully saturated rings.